The van der Waals surface area contributed by atoms with Crippen LogP contribution in [0.1, 0.15) is 6.42 Å². The quantitative estimate of drug-likeness (QED) is 0.573. The fourth-order valence-corrected chi connectivity index (χ4v) is 2.30. The summed E-state index contributed by atoms with van der Waals surface area (Å²) >= 11 is 0. The molecule has 0 aliphatic carbocycles. The first kappa shape index (κ1) is 17.4. The number of aliphatic hydroxyl groups excluding tert-OH is 1. The number of nitro groups is 1. The normalized spacial score (nSPS) is 10.2. The van der Waals surface area contributed by atoms with E-state index in [1.54, 1.807) is 12.1 Å². The van der Waals surface area contributed by atoms with Gasteiger partial charge in [-0.2, -0.15) is 0 Å². The molecule has 0 saturated carbocycles. The maximum absolute atomic E-state index is 12.3. The third-order valence-electron chi connectivity index (χ3n) is 3.42. The second-order valence-corrected chi connectivity index (χ2v) is 5.16. The van der Waals surface area contributed by atoms with E-state index in [1.807, 2.05) is 35.2 Å². The molecule has 0 radical (unpaired) electrons. The lowest BCUT2D eigenvalue weighted by atomic mass is 10.2. The highest BCUT2D eigenvalue weighted by Gasteiger charge is 2.17. The Balaban J connectivity index is 2.09. The van der Waals surface area contributed by atoms with Gasteiger partial charge in [0, 0.05) is 24.9 Å². The van der Waals surface area contributed by atoms with Gasteiger partial charge in [-0.3, -0.25) is 14.9 Å². The first-order valence-electron chi connectivity index (χ1n) is 7.56. The van der Waals surface area contributed by atoms with E-state index in [1.165, 1.54) is 12.1 Å². The van der Waals surface area contributed by atoms with Gasteiger partial charge < -0.3 is 15.3 Å². The number of carbonyl (C=O) groups is 1. The van der Waals surface area contributed by atoms with Crippen molar-refractivity contribution < 1.29 is 14.8 Å². The number of amides is 1. The Morgan fingerprint density at radius 3 is 2.46 bits per heavy atom. The van der Waals surface area contributed by atoms with Crippen LogP contribution in [0.2, 0.25) is 0 Å². The first-order valence-corrected chi connectivity index (χ1v) is 7.56. The smallest absolute Gasteiger partial charge is 0.292 e. The summed E-state index contributed by atoms with van der Waals surface area (Å²) in [6, 6.07) is 15.4. The lowest BCUT2D eigenvalue weighted by Crippen LogP contribution is -2.34. The number of carbonyl (C=O) groups excluding carboxylic acids is 1. The zero-order valence-electron chi connectivity index (χ0n) is 13.1. The van der Waals surface area contributed by atoms with Crippen molar-refractivity contribution in [1.82, 2.24) is 0 Å². The van der Waals surface area contributed by atoms with Crippen molar-refractivity contribution in [2.45, 2.75) is 6.42 Å². The van der Waals surface area contributed by atoms with Gasteiger partial charge in [0.05, 0.1) is 11.5 Å². The third kappa shape index (κ3) is 4.79. The molecule has 2 N–H and O–H groups in total. The topological polar surface area (TPSA) is 95.7 Å². The van der Waals surface area contributed by atoms with E-state index in [-0.39, 0.29) is 30.4 Å². The van der Waals surface area contributed by atoms with Gasteiger partial charge in [-0.15, -0.1) is 0 Å². The summed E-state index contributed by atoms with van der Waals surface area (Å²) in [4.78, 5) is 24.6. The first-order chi connectivity index (χ1) is 11.6. The number of aliphatic hydroxyl groups is 1. The Hall–Kier alpha value is -2.93. The number of anilines is 2. The van der Waals surface area contributed by atoms with Crippen LogP contribution in [0, 0.1) is 10.1 Å². The van der Waals surface area contributed by atoms with Crippen molar-refractivity contribution in [2.24, 2.45) is 0 Å². The minimum Gasteiger partial charge on any atom is -0.396 e. The molecular weight excluding hydrogens is 310 g/mol. The Morgan fingerprint density at radius 1 is 1.12 bits per heavy atom. The minimum absolute atomic E-state index is 0.0229. The maximum Gasteiger partial charge on any atom is 0.292 e. The van der Waals surface area contributed by atoms with Crippen LogP contribution in [0.15, 0.2) is 54.6 Å². The molecule has 2 rings (SSSR count). The Morgan fingerprint density at radius 2 is 1.79 bits per heavy atom. The van der Waals surface area contributed by atoms with Crippen molar-refractivity contribution in [3.05, 3.63) is 64.7 Å². The number of para-hydroxylation sites is 3. The lowest BCUT2D eigenvalue weighted by Gasteiger charge is -2.24. The predicted octanol–water partition coefficient (Wildman–Crippen LogP) is 2.42. The second-order valence-electron chi connectivity index (χ2n) is 5.16. The number of nitrogens with one attached hydrogen (secondary N) is 1. The highest BCUT2D eigenvalue weighted by molar-refractivity contribution is 5.96. The van der Waals surface area contributed by atoms with Crippen molar-refractivity contribution >= 4 is 23.0 Å². The summed E-state index contributed by atoms with van der Waals surface area (Å²) in [7, 11) is 0. The van der Waals surface area contributed by atoms with Crippen LogP contribution in [-0.4, -0.2) is 35.6 Å². The van der Waals surface area contributed by atoms with Crippen LogP contribution in [-0.2, 0) is 4.79 Å². The van der Waals surface area contributed by atoms with Crippen LogP contribution >= 0.6 is 0 Å². The molecule has 0 fully saturated rings. The van der Waals surface area contributed by atoms with Crippen LogP contribution < -0.4 is 10.2 Å². The summed E-state index contributed by atoms with van der Waals surface area (Å²) in [6.45, 7) is 0.565. The molecule has 0 aromatic heterocycles. The van der Waals surface area contributed by atoms with Gasteiger partial charge >= 0.3 is 0 Å². The molecule has 7 heteroatoms. The standard InChI is InChI=1S/C17H19N3O4/c21-12-6-11-19(14-7-2-1-3-8-14)13-17(22)18-15-9-4-5-10-16(15)20(23)24/h1-5,7-10,21H,6,11-13H2,(H,18,22). The molecule has 0 heterocycles. The molecule has 0 saturated heterocycles. The fourth-order valence-electron chi connectivity index (χ4n) is 2.30. The van der Waals surface area contributed by atoms with Crippen molar-refractivity contribution in [3.8, 4) is 0 Å². The van der Waals surface area contributed by atoms with E-state index in [4.69, 9.17) is 5.11 Å². The molecular formula is C17H19N3O4. The molecule has 7 nitrogen and oxygen atoms in total. The number of hydrogen-bond donors (Lipinski definition) is 2. The van der Waals surface area contributed by atoms with Gasteiger partial charge in [-0.05, 0) is 24.6 Å². The molecule has 0 spiro atoms. The SMILES string of the molecule is O=C(CN(CCCO)c1ccccc1)Nc1ccccc1[N+](=O)[O-]. The van der Waals surface area contributed by atoms with Crippen LogP contribution in [0.4, 0.5) is 17.1 Å². The molecule has 126 valence electrons. The van der Waals surface area contributed by atoms with Gasteiger partial charge in [-0.1, -0.05) is 30.3 Å². The molecule has 0 unspecified atom stereocenters. The Labute approximate surface area is 139 Å². The zero-order valence-corrected chi connectivity index (χ0v) is 13.1. The molecule has 0 bridgehead atoms. The van der Waals surface area contributed by atoms with Crippen LogP contribution in [0.3, 0.4) is 0 Å². The van der Waals surface area contributed by atoms with Gasteiger partial charge in [0.1, 0.15) is 5.69 Å². The molecule has 0 aliphatic heterocycles. The molecule has 24 heavy (non-hydrogen) atoms. The fraction of sp³-hybridized carbons (Fsp3) is 0.235. The highest BCUT2D eigenvalue weighted by atomic mass is 16.6. The number of nitro benzene ring substituents is 1. The Kier molecular flexibility index (Phi) is 6.27. The maximum atomic E-state index is 12.3. The molecule has 0 aliphatic rings. The molecule has 2 aromatic carbocycles. The molecule has 0 atom stereocenters. The second kappa shape index (κ2) is 8.64. The van der Waals surface area contributed by atoms with E-state index in [9.17, 15) is 14.9 Å². The Bertz CT molecular complexity index is 691. The number of nitrogens with zero attached hydrogens (tertiary/aromatic N) is 2. The van der Waals surface area contributed by atoms with Gasteiger partial charge in [0.25, 0.3) is 5.69 Å². The minimum atomic E-state index is -0.531. The van der Waals surface area contributed by atoms with E-state index >= 15 is 0 Å². The van der Waals surface area contributed by atoms with E-state index in [0.717, 1.165) is 5.69 Å². The summed E-state index contributed by atoms with van der Waals surface area (Å²) in [6.07, 6.45) is 0.521. The lowest BCUT2D eigenvalue weighted by molar-refractivity contribution is -0.383. The van der Waals surface area contributed by atoms with Crippen LogP contribution in [0.25, 0.3) is 0 Å². The zero-order chi connectivity index (χ0) is 17.4. The highest BCUT2D eigenvalue weighted by Crippen LogP contribution is 2.23. The van der Waals surface area contributed by atoms with Crippen molar-refractivity contribution in [1.29, 1.82) is 0 Å². The predicted molar refractivity (Wildman–Crippen MR) is 92.1 cm³/mol. The number of rotatable bonds is 8. The number of hydrogen-bond acceptors (Lipinski definition) is 5. The van der Waals surface area contributed by atoms with E-state index in [0.29, 0.717) is 13.0 Å². The van der Waals surface area contributed by atoms with E-state index < -0.39 is 4.92 Å². The average Bonchev–Trinajstić information content (AvgIpc) is 2.59. The van der Waals surface area contributed by atoms with Crippen molar-refractivity contribution in [3.63, 3.8) is 0 Å². The summed E-state index contributed by atoms with van der Waals surface area (Å²) in [5.41, 5.74) is 0.874. The summed E-state index contributed by atoms with van der Waals surface area (Å²) < 4.78 is 0. The van der Waals surface area contributed by atoms with Gasteiger partial charge in [0.15, 0.2) is 0 Å². The number of benzene rings is 2. The van der Waals surface area contributed by atoms with Gasteiger partial charge in [0.2, 0.25) is 5.91 Å². The average molecular weight is 329 g/mol. The monoisotopic (exact) mass is 329 g/mol. The molecule has 1 amide bonds. The van der Waals surface area contributed by atoms with Crippen LogP contribution in [0.5, 0.6) is 0 Å². The van der Waals surface area contributed by atoms with Crippen molar-refractivity contribution in [2.75, 3.05) is 29.9 Å². The van der Waals surface area contributed by atoms with E-state index in [2.05, 4.69) is 5.32 Å². The van der Waals surface area contributed by atoms with Gasteiger partial charge in [-0.25, -0.2) is 0 Å². The summed E-state index contributed by atoms with van der Waals surface area (Å²) in [5, 5.41) is 22.6. The molecule has 2 aromatic rings. The summed E-state index contributed by atoms with van der Waals surface area (Å²) in [5.74, 6) is -0.355. The third-order valence-corrected chi connectivity index (χ3v) is 3.42. The largest absolute Gasteiger partial charge is 0.396 e.